The van der Waals surface area contributed by atoms with Gasteiger partial charge in [-0.05, 0) is 31.7 Å². The fraction of sp³-hybridized carbons (Fsp3) is 0.545. The molecule has 13 heavy (non-hydrogen) atoms. The molecule has 0 N–H and O–H groups in total. The van der Waals surface area contributed by atoms with Crippen LogP contribution in [-0.4, -0.2) is 4.57 Å². The van der Waals surface area contributed by atoms with Crippen molar-refractivity contribution >= 4 is 0 Å². The van der Waals surface area contributed by atoms with Gasteiger partial charge < -0.3 is 4.57 Å². The van der Waals surface area contributed by atoms with Crippen LogP contribution >= 0.6 is 0 Å². The van der Waals surface area contributed by atoms with Gasteiger partial charge in [0.05, 0.1) is 5.56 Å². The summed E-state index contributed by atoms with van der Waals surface area (Å²) in [5.74, 6) is 0.714. The minimum Gasteiger partial charge on any atom is -0.350 e. The Bertz CT molecular complexity index is 364. The zero-order valence-corrected chi connectivity index (χ0v) is 8.17. The second-order valence-corrected chi connectivity index (χ2v) is 3.87. The first-order valence-electron chi connectivity index (χ1n) is 4.80. The number of aromatic nitrogens is 1. The lowest BCUT2D eigenvalue weighted by Gasteiger charge is -2.26. The smallest absolute Gasteiger partial charge is 0.101 e. The van der Waals surface area contributed by atoms with Crippen molar-refractivity contribution < 1.29 is 0 Å². The summed E-state index contributed by atoms with van der Waals surface area (Å²) in [5, 5.41) is 8.87. The predicted octanol–water partition coefficient (Wildman–Crippen LogP) is 2.47. The van der Waals surface area contributed by atoms with Gasteiger partial charge in [-0.1, -0.05) is 6.42 Å². The SMILES string of the molecule is Cc1c(C#N)cc(C2CCC2)n1C. The molecule has 0 amide bonds. The summed E-state index contributed by atoms with van der Waals surface area (Å²) in [6.07, 6.45) is 3.93. The fourth-order valence-corrected chi connectivity index (χ4v) is 1.93. The maximum Gasteiger partial charge on any atom is 0.101 e. The Morgan fingerprint density at radius 1 is 1.54 bits per heavy atom. The first-order valence-corrected chi connectivity index (χ1v) is 4.80. The highest BCUT2D eigenvalue weighted by atomic mass is 15.0. The van der Waals surface area contributed by atoms with Gasteiger partial charge in [0.15, 0.2) is 0 Å². The standard InChI is InChI=1S/C11H14N2/c1-8-10(7-12)6-11(13(8)2)9-4-3-5-9/h6,9H,3-5H2,1-2H3. The van der Waals surface area contributed by atoms with Crippen molar-refractivity contribution in [2.45, 2.75) is 32.1 Å². The molecule has 0 bridgehead atoms. The average Bonchev–Trinajstić information content (AvgIpc) is 2.30. The maximum atomic E-state index is 8.87. The van der Waals surface area contributed by atoms with E-state index in [9.17, 15) is 0 Å². The van der Waals surface area contributed by atoms with E-state index >= 15 is 0 Å². The molecule has 68 valence electrons. The monoisotopic (exact) mass is 174 g/mol. The summed E-state index contributed by atoms with van der Waals surface area (Å²) in [6.45, 7) is 2.01. The van der Waals surface area contributed by atoms with Crippen LogP contribution in [0.2, 0.25) is 0 Å². The summed E-state index contributed by atoms with van der Waals surface area (Å²) in [7, 11) is 2.06. The van der Waals surface area contributed by atoms with Gasteiger partial charge in [0, 0.05) is 18.4 Å². The molecule has 1 aromatic rings. The summed E-state index contributed by atoms with van der Waals surface area (Å²) in [6, 6.07) is 4.29. The van der Waals surface area contributed by atoms with E-state index in [0.717, 1.165) is 11.3 Å². The molecule has 1 fully saturated rings. The Kier molecular flexibility index (Phi) is 1.88. The van der Waals surface area contributed by atoms with Crippen molar-refractivity contribution in [1.82, 2.24) is 4.57 Å². The van der Waals surface area contributed by atoms with Crippen LogP contribution in [0, 0.1) is 18.3 Å². The minimum atomic E-state index is 0.714. The second kappa shape index (κ2) is 2.92. The van der Waals surface area contributed by atoms with E-state index in [1.807, 2.05) is 6.92 Å². The minimum absolute atomic E-state index is 0.714. The Labute approximate surface area is 78.8 Å². The van der Waals surface area contributed by atoms with E-state index < -0.39 is 0 Å². The second-order valence-electron chi connectivity index (χ2n) is 3.87. The van der Waals surface area contributed by atoms with Gasteiger partial charge in [-0.2, -0.15) is 5.26 Å². The van der Waals surface area contributed by atoms with Gasteiger partial charge >= 0.3 is 0 Å². The molecule has 2 nitrogen and oxygen atoms in total. The molecule has 0 spiro atoms. The van der Waals surface area contributed by atoms with E-state index in [0.29, 0.717) is 5.92 Å². The summed E-state index contributed by atoms with van der Waals surface area (Å²) in [4.78, 5) is 0. The largest absolute Gasteiger partial charge is 0.350 e. The van der Waals surface area contributed by atoms with Gasteiger partial charge in [0.2, 0.25) is 0 Å². The Balaban J connectivity index is 2.41. The first-order chi connectivity index (χ1) is 6.24. The molecular weight excluding hydrogens is 160 g/mol. The van der Waals surface area contributed by atoms with Gasteiger partial charge in [-0.15, -0.1) is 0 Å². The Morgan fingerprint density at radius 3 is 2.62 bits per heavy atom. The fourth-order valence-electron chi connectivity index (χ4n) is 1.93. The molecule has 0 radical (unpaired) electrons. The van der Waals surface area contributed by atoms with Crippen LogP contribution in [0.3, 0.4) is 0 Å². The van der Waals surface area contributed by atoms with Crippen LogP contribution in [-0.2, 0) is 7.05 Å². The van der Waals surface area contributed by atoms with Crippen molar-refractivity contribution in [3.8, 4) is 6.07 Å². The molecule has 1 aliphatic carbocycles. The number of hydrogen-bond acceptors (Lipinski definition) is 1. The van der Waals surface area contributed by atoms with E-state index in [-0.39, 0.29) is 0 Å². The third-order valence-corrected chi connectivity index (χ3v) is 3.22. The summed E-state index contributed by atoms with van der Waals surface area (Å²) in [5.41, 5.74) is 3.29. The highest BCUT2D eigenvalue weighted by molar-refractivity contribution is 5.38. The number of hydrogen-bond donors (Lipinski definition) is 0. The molecule has 1 aliphatic rings. The number of nitrogens with zero attached hydrogens (tertiary/aromatic N) is 2. The number of rotatable bonds is 1. The Morgan fingerprint density at radius 2 is 2.23 bits per heavy atom. The topological polar surface area (TPSA) is 28.7 Å². The molecular formula is C11H14N2. The molecule has 0 aliphatic heterocycles. The molecule has 2 heteroatoms. The molecule has 0 aromatic carbocycles. The van der Waals surface area contributed by atoms with E-state index in [1.165, 1.54) is 25.0 Å². The lowest BCUT2D eigenvalue weighted by molar-refractivity contribution is 0.402. The highest BCUT2D eigenvalue weighted by Gasteiger charge is 2.23. The van der Waals surface area contributed by atoms with Crippen molar-refractivity contribution in [3.63, 3.8) is 0 Å². The molecule has 1 saturated carbocycles. The van der Waals surface area contributed by atoms with Crippen molar-refractivity contribution in [3.05, 3.63) is 23.0 Å². The highest BCUT2D eigenvalue weighted by Crippen LogP contribution is 2.37. The zero-order chi connectivity index (χ0) is 9.42. The van der Waals surface area contributed by atoms with Gasteiger partial charge in [0.1, 0.15) is 6.07 Å². The summed E-state index contributed by atoms with van der Waals surface area (Å²) < 4.78 is 2.17. The van der Waals surface area contributed by atoms with E-state index in [2.05, 4.69) is 23.8 Å². The molecule has 0 saturated heterocycles. The van der Waals surface area contributed by atoms with Crippen LogP contribution in [0.4, 0.5) is 0 Å². The third-order valence-electron chi connectivity index (χ3n) is 3.22. The normalized spacial score (nSPS) is 16.7. The predicted molar refractivity (Wildman–Crippen MR) is 51.5 cm³/mol. The van der Waals surface area contributed by atoms with Crippen LogP contribution in [0.25, 0.3) is 0 Å². The van der Waals surface area contributed by atoms with Gasteiger partial charge in [0.25, 0.3) is 0 Å². The van der Waals surface area contributed by atoms with Crippen LogP contribution in [0.5, 0.6) is 0 Å². The zero-order valence-electron chi connectivity index (χ0n) is 8.17. The van der Waals surface area contributed by atoms with Crippen molar-refractivity contribution in [1.29, 1.82) is 5.26 Å². The number of nitriles is 1. The lowest BCUT2D eigenvalue weighted by atomic mass is 9.83. The lowest BCUT2D eigenvalue weighted by Crippen LogP contribution is -2.12. The van der Waals surface area contributed by atoms with Gasteiger partial charge in [-0.25, -0.2) is 0 Å². The van der Waals surface area contributed by atoms with Gasteiger partial charge in [-0.3, -0.25) is 0 Å². The van der Waals surface area contributed by atoms with Crippen molar-refractivity contribution in [2.24, 2.45) is 7.05 Å². The molecule has 0 unspecified atom stereocenters. The van der Waals surface area contributed by atoms with E-state index in [4.69, 9.17) is 5.26 Å². The molecule has 1 aromatic heterocycles. The third kappa shape index (κ3) is 1.16. The summed E-state index contributed by atoms with van der Waals surface area (Å²) >= 11 is 0. The van der Waals surface area contributed by atoms with Crippen molar-refractivity contribution in [2.75, 3.05) is 0 Å². The maximum absolute atomic E-state index is 8.87. The molecule has 1 heterocycles. The average molecular weight is 174 g/mol. The van der Waals surface area contributed by atoms with Crippen LogP contribution < -0.4 is 0 Å². The van der Waals surface area contributed by atoms with Crippen LogP contribution in [0.1, 0.15) is 42.1 Å². The quantitative estimate of drug-likeness (QED) is 0.643. The molecule has 0 atom stereocenters. The van der Waals surface area contributed by atoms with Crippen LogP contribution in [0.15, 0.2) is 6.07 Å². The Hall–Kier alpha value is -1.23. The first kappa shape index (κ1) is 8.37. The van der Waals surface area contributed by atoms with E-state index in [1.54, 1.807) is 0 Å². The molecule has 2 rings (SSSR count).